The molecule has 118 valence electrons. The molecule has 22 heavy (non-hydrogen) atoms. The maximum atomic E-state index is 12.5. The summed E-state index contributed by atoms with van der Waals surface area (Å²) >= 11 is 0.878. The second kappa shape index (κ2) is 6.35. The summed E-state index contributed by atoms with van der Waals surface area (Å²) < 4.78 is 37.4. The molecule has 1 aromatic heterocycles. The lowest BCUT2D eigenvalue weighted by Crippen LogP contribution is -2.17. The summed E-state index contributed by atoms with van der Waals surface area (Å²) in [6.45, 7) is 3.57. The van der Waals surface area contributed by atoms with Crippen LogP contribution in [0.1, 0.15) is 19.5 Å². The molecule has 8 heteroatoms. The van der Waals surface area contributed by atoms with Crippen LogP contribution in [0, 0.1) is 5.92 Å². The first kappa shape index (κ1) is 16.3. The molecule has 1 heterocycles. The molecule has 4 nitrogen and oxygen atoms in total. The van der Waals surface area contributed by atoms with Gasteiger partial charge in [-0.05, 0) is 24.3 Å². The molecule has 0 saturated carbocycles. The molecular weight excluding hydrogens is 315 g/mol. The number of benzene rings is 1. The van der Waals surface area contributed by atoms with Crippen LogP contribution in [0.15, 0.2) is 29.6 Å². The fraction of sp³-hybridized carbons (Fsp3) is 0.286. The van der Waals surface area contributed by atoms with Gasteiger partial charge in [0, 0.05) is 22.7 Å². The van der Waals surface area contributed by atoms with Crippen LogP contribution in [0.5, 0.6) is 0 Å². The van der Waals surface area contributed by atoms with Gasteiger partial charge in [0.05, 0.1) is 0 Å². The number of halogens is 3. The van der Waals surface area contributed by atoms with E-state index in [9.17, 15) is 18.0 Å². The van der Waals surface area contributed by atoms with Crippen LogP contribution >= 0.6 is 11.3 Å². The first-order valence-electron chi connectivity index (χ1n) is 6.46. The van der Waals surface area contributed by atoms with Crippen molar-refractivity contribution in [3.63, 3.8) is 0 Å². The van der Waals surface area contributed by atoms with Gasteiger partial charge in [-0.25, -0.2) is 4.98 Å². The average Bonchev–Trinajstić information content (AvgIpc) is 2.89. The second-order valence-electron chi connectivity index (χ2n) is 4.88. The van der Waals surface area contributed by atoms with Gasteiger partial charge in [0.2, 0.25) is 5.91 Å². The number of nitrogens with zero attached hydrogens (tertiary/aromatic N) is 1. The highest BCUT2D eigenvalue weighted by Crippen LogP contribution is 2.32. The van der Waals surface area contributed by atoms with Gasteiger partial charge >= 0.3 is 6.18 Å². The highest BCUT2D eigenvalue weighted by molar-refractivity contribution is 7.13. The van der Waals surface area contributed by atoms with Crippen molar-refractivity contribution in [2.24, 2.45) is 5.92 Å². The van der Waals surface area contributed by atoms with Crippen LogP contribution in [0.3, 0.4) is 0 Å². The van der Waals surface area contributed by atoms with E-state index in [2.05, 4.69) is 15.6 Å². The van der Waals surface area contributed by atoms with Gasteiger partial charge in [-0.1, -0.05) is 13.8 Å². The predicted molar refractivity (Wildman–Crippen MR) is 80.3 cm³/mol. The van der Waals surface area contributed by atoms with Crippen molar-refractivity contribution in [2.75, 3.05) is 10.6 Å². The quantitative estimate of drug-likeness (QED) is 0.868. The molecule has 1 aromatic carbocycles. The Balaban J connectivity index is 2.02. The van der Waals surface area contributed by atoms with Crippen LogP contribution in [0.4, 0.5) is 29.7 Å². The van der Waals surface area contributed by atoms with E-state index in [0.717, 1.165) is 16.7 Å². The molecule has 0 fully saturated rings. The Kier molecular flexibility index (Phi) is 4.70. The molecule has 0 unspecified atom stereocenters. The van der Waals surface area contributed by atoms with Gasteiger partial charge in [-0.15, -0.1) is 11.3 Å². The van der Waals surface area contributed by atoms with Crippen molar-refractivity contribution in [2.45, 2.75) is 20.0 Å². The van der Waals surface area contributed by atoms with E-state index < -0.39 is 11.9 Å². The normalized spacial score (nSPS) is 11.5. The molecular formula is C14H14F3N3OS. The van der Waals surface area contributed by atoms with Gasteiger partial charge in [0.15, 0.2) is 10.8 Å². The average molecular weight is 329 g/mol. The highest BCUT2D eigenvalue weighted by atomic mass is 32.1. The van der Waals surface area contributed by atoms with Gasteiger partial charge in [0.1, 0.15) is 0 Å². The third-order valence-electron chi connectivity index (χ3n) is 2.72. The lowest BCUT2D eigenvalue weighted by molar-refractivity contribution is -0.140. The standard InChI is InChI=1S/C14H14F3N3OS/c1-8(2)12(21)18-9-3-5-10(6-4-9)19-13-20-11(7-22-13)14(15,16)17/h3-8H,1-2H3,(H,18,21)(H,19,20). The van der Waals surface area contributed by atoms with Crippen LogP contribution < -0.4 is 10.6 Å². The van der Waals surface area contributed by atoms with Crippen molar-refractivity contribution in [1.82, 2.24) is 4.98 Å². The number of carbonyl (C=O) groups is 1. The monoisotopic (exact) mass is 329 g/mol. The summed E-state index contributed by atoms with van der Waals surface area (Å²) in [6, 6.07) is 6.65. The number of alkyl halides is 3. The van der Waals surface area contributed by atoms with Crippen LogP contribution in [0.25, 0.3) is 0 Å². The van der Waals surface area contributed by atoms with Crippen molar-refractivity contribution >= 4 is 33.8 Å². The molecule has 0 saturated heterocycles. The number of thiazole rings is 1. The van der Waals surface area contributed by atoms with Crippen molar-refractivity contribution in [3.8, 4) is 0 Å². The Bertz CT molecular complexity index is 650. The van der Waals surface area contributed by atoms with Gasteiger partial charge in [-0.3, -0.25) is 4.79 Å². The first-order valence-corrected chi connectivity index (χ1v) is 7.34. The molecule has 0 aliphatic carbocycles. The molecule has 0 spiro atoms. The van der Waals surface area contributed by atoms with E-state index in [0.29, 0.717) is 11.4 Å². The molecule has 0 atom stereocenters. The number of nitrogens with one attached hydrogen (secondary N) is 2. The largest absolute Gasteiger partial charge is 0.434 e. The number of hydrogen-bond acceptors (Lipinski definition) is 4. The number of anilines is 3. The highest BCUT2D eigenvalue weighted by Gasteiger charge is 2.33. The van der Waals surface area contributed by atoms with E-state index in [1.54, 1.807) is 38.1 Å². The fourth-order valence-electron chi connectivity index (χ4n) is 1.51. The molecule has 2 N–H and O–H groups in total. The number of amides is 1. The van der Waals surface area contributed by atoms with Gasteiger partial charge < -0.3 is 10.6 Å². The third kappa shape index (κ3) is 4.20. The molecule has 1 amide bonds. The summed E-state index contributed by atoms with van der Waals surface area (Å²) in [6.07, 6.45) is -4.44. The minimum absolute atomic E-state index is 0.101. The number of aromatic nitrogens is 1. The SMILES string of the molecule is CC(C)C(=O)Nc1ccc(Nc2nc(C(F)(F)F)cs2)cc1. The summed E-state index contributed by atoms with van der Waals surface area (Å²) in [7, 11) is 0. The van der Waals surface area contributed by atoms with Crippen LogP contribution in [-0.2, 0) is 11.0 Å². The zero-order valence-corrected chi connectivity index (χ0v) is 12.7. The third-order valence-corrected chi connectivity index (χ3v) is 3.48. The van der Waals surface area contributed by atoms with Crippen molar-refractivity contribution in [3.05, 3.63) is 35.3 Å². The first-order chi connectivity index (χ1) is 10.3. The molecule has 0 aliphatic rings. The molecule has 2 rings (SSSR count). The van der Waals surface area contributed by atoms with E-state index in [-0.39, 0.29) is 17.0 Å². The lowest BCUT2D eigenvalue weighted by atomic mass is 10.2. The topological polar surface area (TPSA) is 54.0 Å². The Labute approximate surface area is 129 Å². The van der Waals surface area contributed by atoms with Crippen molar-refractivity contribution in [1.29, 1.82) is 0 Å². The van der Waals surface area contributed by atoms with Crippen molar-refractivity contribution < 1.29 is 18.0 Å². The lowest BCUT2D eigenvalue weighted by Gasteiger charge is -2.08. The number of hydrogen-bond donors (Lipinski definition) is 2. The fourth-order valence-corrected chi connectivity index (χ4v) is 2.25. The number of carbonyl (C=O) groups excluding carboxylic acids is 1. The summed E-state index contributed by atoms with van der Waals surface area (Å²) in [5.74, 6) is -0.232. The van der Waals surface area contributed by atoms with Crippen LogP contribution in [0.2, 0.25) is 0 Å². The van der Waals surface area contributed by atoms with E-state index in [1.807, 2.05) is 0 Å². The number of rotatable bonds is 4. The van der Waals surface area contributed by atoms with E-state index in [4.69, 9.17) is 0 Å². The zero-order valence-electron chi connectivity index (χ0n) is 11.9. The maximum Gasteiger partial charge on any atom is 0.434 e. The minimum Gasteiger partial charge on any atom is -0.332 e. The molecule has 0 aliphatic heterocycles. The Morgan fingerprint density at radius 1 is 1.18 bits per heavy atom. The Hall–Kier alpha value is -2.09. The minimum atomic E-state index is -4.44. The van der Waals surface area contributed by atoms with E-state index in [1.165, 1.54) is 0 Å². The van der Waals surface area contributed by atoms with E-state index >= 15 is 0 Å². The molecule has 0 bridgehead atoms. The Morgan fingerprint density at radius 2 is 1.77 bits per heavy atom. The maximum absolute atomic E-state index is 12.5. The Morgan fingerprint density at radius 3 is 2.27 bits per heavy atom. The van der Waals surface area contributed by atoms with Gasteiger partial charge in [-0.2, -0.15) is 13.2 Å². The van der Waals surface area contributed by atoms with Gasteiger partial charge in [0.25, 0.3) is 0 Å². The molecule has 2 aromatic rings. The summed E-state index contributed by atoms with van der Waals surface area (Å²) in [5, 5.41) is 6.64. The smallest absolute Gasteiger partial charge is 0.332 e. The summed E-state index contributed by atoms with van der Waals surface area (Å²) in [5.41, 5.74) is 0.297. The summed E-state index contributed by atoms with van der Waals surface area (Å²) in [4.78, 5) is 15.0. The second-order valence-corrected chi connectivity index (χ2v) is 5.74. The predicted octanol–water partition coefficient (Wildman–Crippen LogP) is 4.50. The molecule has 0 radical (unpaired) electrons. The zero-order chi connectivity index (χ0) is 16.3. The van der Waals surface area contributed by atoms with Crippen LogP contribution in [-0.4, -0.2) is 10.9 Å².